The minimum atomic E-state index is 0. The Kier molecular flexibility index (Phi) is 7.17. The Labute approximate surface area is 182 Å². The first-order valence-corrected chi connectivity index (χ1v) is 9.64. The number of nitrogens with one attached hydrogen (secondary N) is 2. The molecule has 0 saturated carbocycles. The molecule has 2 fully saturated rings. The van der Waals surface area contributed by atoms with E-state index in [1.165, 1.54) is 6.42 Å². The number of benzene rings is 1. The fraction of sp³-hybridized carbons (Fsp3) is 0.500. The maximum absolute atomic E-state index is 5.93. The Morgan fingerprint density at radius 3 is 2.75 bits per heavy atom. The van der Waals surface area contributed by atoms with Gasteiger partial charge in [0.1, 0.15) is 5.75 Å². The standard InChI is InChI=1S/C20H27N5O2.HI/c1-3-21-20(23-18-12-17-8-9-19(18)27-17)22-13-14-10-11-25(24-14)15-4-6-16(26-2)7-5-15;/h4-7,10-11,17-19H,3,8-9,12-13H2,1-2H3,(H2,21,22,23);1H. The number of hydrogen-bond donors (Lipinski definition) is 2. The predicted octanol–water partition coefficient (Wildman–Crippen LogP) is 2.87. The van der Waals surface area contributed by atoms with Crippen molar-refractivity contribution in [2.75, 3.05) is 13.7 Å². The second-order valence-electron chi connectivity index (χ2n) is 7.01. The van der Waals surface area contributed by atoms with E-state index in [0.717, 1.165) is 42.5 Å². The van der Waals surface area contributed by atoms with Gasteiger partial charge in [0.05, 0.1) is 43.3 Å². The van der Waals surface area contributed by atoms with Crippen LogP contribution in [-0.4, -0.2) is 47.6 Å². The van der Waals surface area contributed by atoms with Crippen LogP contribution in [0.1, 0.15) is 31.9 Å². The molecule has 3 heterocycles. The number of rotatable bonds is 6. The van der Waals surface area contributed by atoms with Gasteiger partial charge in [-0.15, -0.1) is 24.0 Å². The molecule has 0 aliphatic carbocycles. The molecule has 0 amide bonds. The molecule has 152 valence electrons. The lowest BCUT2D eigenvalue weighted by Gasteiger charge is -2.22. The van der Waals surface area contributed by atoms with E-state index in [9.17, 15) is 0 Å². The summed E-state index contributed by atoms with van der Waals surface area (Å²) in [6.45, 7) is 3.43. The van der Waals surface area contributed by atoms with Crippen LogP contribution in [0.5, 0.6) is 5.75 Å². The SMILES string of the molecule is CCNC(=NCc1ccn(-c2ccc(OC)cc2)n1)NC1CC2CCC1O2.I. The van der Waals surface area contributed by atoms with Gasteiger partial charge in [0, 0.05) is 12.7 Å². The van der Waals surface area contributed by atoms with Crippen LogP contribution in [0.15, 0.2) is 41.5 Å². The Bertz CT molecular complexity index is 792. The molecule has 2 aliphatic heterocycles. The molecule has 1 aromatic heterocycles. The number of aliphatic imine (C=N–C) groups is 1. The summed E-state index contributed by atoms with van der Waals surface area (Å²) < 4.78 is 13.0. The minimum absolute atomic E-state index is 0. The average molecular weight is 497 g/mol. The second kappa shape index (κ2) is 9.60. The Balaban J connectivity index is 0.00000225. The summed E-state index contributed by atoms with van der Waals surface area (Å²) in [6.07, 6.45) is 6.12. The summed E-state index contributed by atoms with van der Waals surface area (Å²) in [4.78, 5) is 4.71. The van der Waals surface area contributed by atoms with Gasteiger partial charge in [-0.1, -0.05) is 0 Å². The van der Waals surface area contributed by atoms with Crippen molar-refractivity contribution >= 4 is 29.9 Å². The second-order valence-corrected chi connectivity index (χ2v) is 7.01. The van der Waals surface area contributed by atoms with Gasteiger partial charge in [-0.3, -0.25) is 0 Å². The van der Waals surface area contributed by atoms with Gasteiger partial charge >= 0.3 is 0 Å². The zero-order valence-electron chi connectivity index (χ0n) is 16.3. The number of halogens is 1. The Hall–Kier alpha value is -1.81. The molecule has 28 heavy (non-hydrogen) atoms. The van der Waals surface area contributed by atoms with Gasteiger partial charge in [0.25, 0.3) is 0 Å². The molecule has 0 radical (unpaired) electrons. The van der Waals surface area contributed by atoms with Gasteiger partial charge in [-0.2, -0.15) is 5.10 Å². The molecule has 2 saturated heterocycles. The molecule has 2 bridgehead atoms. The molecule has 0 spiro atoms. The number of methoxy groups -OCH3 is 1. The lowest BCUT2D eigenvalue weighted by Crippen LogP contribution is -2.47. The fourth-order valence-electron chi connectivity index (χ4n) is 3.77. The van der Waals surface area contributed by atoms with Crippen LogP contribution in [0, 0.1) is 0 Å². The monoisotopic (exact) mass is 497 g/mol. The number of nitrogens with zero attached hydrogens (tertiary/aromatic N) is 3. The van der Waals surface area contributed by atoms with Gasteiger partial charge in [0.15, 0.2) is 5.96 Å². The summed E-state index contributed by atoms with van der Waals surface area (Å²) in [7, 11) is 1.66. The summed E-state index contributed by atoms with van der Waals surface area (Å²) >= 11 is 0. The normalized spacial score (nSPS) is 23.4. The molecule has 3 atom stereocenters. The smallest absolute Gasteiger partial charge is 0.191 e. The van der Waals surface area contributed by atoms with Crippen molar-refractivity contribution in [3.63, 3.8) is 0 Å². The van der Waals surface area contributed by atoms with Crippen molar-refractivity contribution < 1.29 is 9.47 Å². The van der Waals surface area contributed by atoms with Crippen LogP contribution >= 0.6 is 24.0 Å². The molecule has 2 aliphatic rings. The van der Waals surface area contributed by atoms with E-state index in [0.29, 0.717) is 24.8 Å². The molecule has 4 rings (SSSR count). The van der Waals surface area contributed by atoms with E-state index in [-0.39, 0.29) is 24.0 Å². The van der Waals surface area contributed by atoms with Crippen LogP contribution < -0.4 is 15.4 Å². The van der Waals surface area contributed by atoms with Crippen LogP contribution in [0.4, 0.5) is 0 Å². The first-order valence-electron chi connectivity index (χ1n) is 9.64. The fourth-order valence-corrected chi connectivity index (χ4v) is 3.77. The maximum Gasteiger partial charge on any atom is 0.191 e. The van der Waals surface area contributed by atoms with Crippen LogP contribution in [0.2, 0.25) is 0 Å². The largest absolute Gasteiger partial charge is 0.497 e. The number of hydrogen-bond acceptors (Lipinski definition) is 4. The molecule has 8 heteroatoms. The zero-order chi connectivity index (χ0) is 18.6. The minimum Gasteiger partial charge on any atom is -0.497 e. The van der Waals surface area contributed by atoms with Crippen LogP contribution in [-0.2, 0) is 11.3 Å². The topological polar surface area (TPSA) is 72.7 Å². The summed E-state index contributed by atoms with van der Waals surface area (Å²) in [5.74, 6) is 1.67. The van der Waals surface area contributed by atoms with E-state index in [1.54, 1.807) is 7.11 Å². The number of ether oxygens (including phenoxy) is 2. The molecule has 2 N–H and O–H groups in total. The highest BCUT2D eigenvalue weighted by atomic mass is 127. The number of aromatic nitrogens is 2. The van der Waals surface area contributed by atoms with Crippen molar-refractivity contribution in [2.24, 2.45) is 4.99 Å². The van der Waals surface area contributed by atoms with E-state index < -0.39 is 0 Å². The first kappa shape index (κ1) is 20.9. The third-order valence-corrected chi connectivity index (χ3v) is 5.15. The molecule has 3 unspecified atom stereocenters. The van der Waals surface area contributed by atoms with E-state index in [4.69, 9.17) is 14.5 Å². The van der Waals surface area contributed by atoms with Crippen molar-refractivity contribution in [2.45, 2.75) is 51.0 Å². The Morgan fingerprint density at radius 1 is 1.29 bits per heavy atom. The lowest BCUT2D eigenvalue weighted by molar-refractivity contribution is 0.0992. The van der Waals surface area contributed by atoms with Crippen LogP contribution in [0.3, 0.4) is 0 Å². The summed E-state index contributed by atoms with van der Waals surface area (Å²) in [6, 6.07) is 10.2. The third-order valence-electron chi connectivity index (χ3n) is 5.15. The highest BCUT2D eigenvalue weighted by Crippen LogP contribution is 2.34. The number of guanidine groups is 1. The van der Waals surface area contributed by atoms with Gasteiger partial charge < -0.3 is 20.1 Å². The lowest BCUT2D eigenvalue weighted by atomic mass is 9.96. The average Bonchev–Trinajstić information content (AvgIpc) is 3.43. The highest BCUT2D eigenvalue weighted by Gasteiger charge is 2.41. The maximum atomic E-state index is 5.93. The first-order chi connectivity index (χ1) is 13.2. The molecule has 7 nitrogen and oxygen atoms in total. The highest BCUT2D eigenvalue weighted by molar-refractivity contribution is 14.0. The Morgan fingerprint density at radius 2 is 2.11 bits per heavy atom. The van der Waals surface area contributed by atoms with Gasteiger partial charge in [0.2, 0.25) is 0 Å². The van der Waals surface area contributed by atoms with E-state index >= 15 is 0 Å². The van der Waals surface area contributed by atoms with E-state index in [1.807, 2.05) is 41.2 Å². The van der Waals surface area contributed by atoms with Crippen molar-refractivity contribution in [3.05, 3.63) is 42.2 Å². The van der Waals surface area contributed by atoms with Crippen LogP contribution in [0.25, 0.3) is 5.69 Å². The molecule has 1 aromatic carbocycles. The number of fused-ring (bicyclic) bond motifs is 2. The molecular formula is C20H28IN5O2. The zero-order valence-corrected chi connectivity index (χ0v) is 18.6. The summed E-state index contributed by atoms with van der Waals surface area (Å²) in [5, 5.41) is 11.5. The van der Waals surface area contributed by atoms with Gasteiger partial charge in [-0.25, -0.2) is 9.67 Å². The van der Waals surface area contributed by atoms with Gasteiger partial charge in [-0.05, 0) is 56.5 Å². The third kappa shape index (κ3) is 4.78. The van der Waals surface area contributed by atoms with Crippen molar-refractivity contribution in [1.29, 1.82) is 0 Å². The predicted molar refractivity (Wildman–Crippen MR) is 120 cm³/mol. The molecular weight excluding hydrogens is 469 g/mol. The van der Waals surface area contributed by atoms with E-state index in [2.05, 4.69) is 22.7 Å². The summed E-state index contributed by atoms with van der Waals surface area (Å²) in [5.41, 5.74) is 1.92. The van der Waals surface area contributed by atoms with Crippen molar-refractivity contribution in [1.82, 2.24) is 20.4 Å². The van der Waals surface area contributed by atoms with Crippen molar-refractivity contribution in [3.8, 4) is 11.4 Å². The quantitative estimate of drug-likeness (QED) is 0.365. The molecule has 2 aromatic rings.